The maximum absolute atomic E-state index is 6.88. The Bertz CT molecular complexity index is 84.2. The quantitative estimate of drug-likeness (QED) is 0.330. The molecule has 0 aliphatic heterocycles. The second kappa shape index (κ2) is 9.35. The predicted octanol–water partition coefficient (Wildman–Crippen LogP) is 1.59. The molecule has 0 radical (unpaired) electrons. The Morgan fingerprint density at radius 2 is 1.71 bits per heavy atom. The van der Waals surface area contributed by atoms with Crippen LogP contribution in [0, 0.1) is 11.5 Å². The molecule has 0 amide bonds. The van der Waals surface area contributed by atoms with Crippen molar-refractivity contribution in [2.24, 2.45) is 0 Å². The van der Waals surface area contributed by atoms with Crippen molar-refractivity contribution in [1.29, 1.82) is 5.26 Å². The van der Waals surface area contributed by atoms with Crippen molar-refractivity contribution in [1.82, 2.24) is 0 Å². The number of nitriles is 1. The third-order valence-corrected chi connectivity index (χ3v) is 0. The minimum absolute atomic E-state index is 0.0556. The van der Waals surface area contributed by atoms with Crippen LogP contribution >= 0.6 is 35.4 Å². The topological polar surface area (TPSA) is 44.0 Å². The number of aliphatic hydroxyl groups excluding tert-OH is 1. The van der Waals surface area contributed by atoms with E-state index in [4.69, 9.17) is 33.6 Å². The van der Waals surface area contributed by atoms with E-state index >= 15 is 0 Å². The average molecular weight is 158 g/mol. The van der Waals surface area contributed by atoms with Gasteiger partial charge in [-0.15, -0.1) is 0 Å². The number of thiocarbonyl (C=S) groups is 1. The molecule has 0 bridgehead atoms. The molecule has 0 fully saturated rings. The Morgan fingerprint density at radius 1 is 1.71 bits per heavy atom. The number of hydrogen-bond donors (Lipinski definition) is 1. The van der Waals surface area contributed by atoms with E-state index in [1.54, 1.807) is 0 Å². The summed E-state index contributed by atoms with van der Waals surface area (Å²) in [6, 6.07) is 0. The van der Waals surface area contributed by atoms with Crippen LogP contribution in [0.2, 0.25) is 0 Å². The second-order valence-corrected chi connectivity index (χ2v) is 2.13. The van der Waals surface area contributed by atoms with Gasteiger partial charge in [0.2, 0.25) is 0 Å². The Labute approximate surface area is 56.3 Å². The summed E-state index contributed by atoms with van der Waals surface area (Å²) in [5, 5.41) is 13.8. The predicted molar refractivity (Wildman–Crippen MR) is 31.9 cm³/mol. The molecule has 0 saturated carbocycles. The Hall–Kier alpha value is -0.0400. The zero-order valence-electron chi connectivity index (χ0n) is 3.06. The standard InChI is InChI=1S/CCl2S.CHNO/c2-1(3)4;2-1-3/h;3H. The van der Waals surface area contributed by atoms with Gasteiger partial charge in [-0.2, -0.15) is 5.26 Å². The van der Waals surface area contributed by atoms with Gasteiger partial charge in [0.1, 0.15) is 0 Å². The fourth-order valence-electron chi connectivity index (χ4n) is 0. The molecule has 0 aromatic rings. The minimum Gasteiger partial charge on any atom is -0.443 e. The Kier molecular flexibility index (Phi) is 13.4. The largest absolute Gasteiger partial charge is 0.443 e. The number of nitrogens with zero attached hydrogens (tertiary/aromatic N) is 1. The highest BCUT2D eigenvalue weighted by Gasteiger charge is 1.64. The van der Waals surface area contributed by atoms with Crippen LogP contribution in [0.5, 0.6) is 0 Å². The van der Waals surface area contributed by atoms with Gasteiger partial charge in [0, 0.05) is 0 Å². The third kappa shape index (κ3) is 58400. The lowest BCUT2D eigenvalue weighted by Gasteiger charge is -1.53. The van der Waals surface area contributed by atoms with Crippen molar-refractivity contribution in [2.75, 3.05) is 0 Å². The molecular formula is C2HCl2NOS. The van der Waals surface area contributed by atoms with E-state index in [0.29, 0.717) is 0 Å². The van der Waals surface area contributed by atoms with Crippen molar-refractivity contribution in [2.45, 2.75) is 0 Å². The highest BCUT2D eigenvalue weighted by atomic mass is 35.5. The van der Waals surface area contributed by atoms with Crippen molar-refractivity contribution in [3.8, 4) is 6.26 Å². The van der Waals surface area contributed by atoms with E-state index in [-0.39, 0.29) is 3.78 Å². The van der Waals surface area contributed by atoms with Crippen LogP contribution in [0.3, 0.4) is 0 Å². The van der Waals surface area contributed by atoms with Crippen molar-refractivity contribution in [3.05, 3.63) is 0 Å². The van der Waals surface area contributed by atoms with Gasteiger partial charge < -0.3 is 5.11 Å². The highest BCUT2D eigenvalue weighted by Crippen LogP contribution is 1.86. The first-order chi connectivity index (χ1) is 3.15. The SMILES string of the molecule is N#CO.S=C(Cl)Cl. The first-order valence-electron chi connectivity index (χ1n) is 1.03. The zero-order chi connectivity index (χ0) is 6.28. The average Bonchev–Trinajstić information content (AvgIpc) is 1.33. The second-order valence-electron chi connectivity index (χ2n) is 0.326. The molecular weight excluding hydrogens is 157 g/mol. The maximum atomic E-state index is 6.88. The molecule has 0 heterocycles. The molecule has 1 N–H and O–H groups in total. The van der Waals surface area contributed by atoms with Gasteiger partial charge in [0.05, 0.1) is 0 Å². The first kappa shape index (κ1) is 10.0. The molecule has 0 aromatic heterocycles. The normalized spacial score (nSPS) is 4.71. The van der Waals surface area contributed by atoms with E-state index in [9.17, 15) is 0 Å². The lowest BCUT2D eigenvalue weighted by atomic mass is 11.6. The Morgan fingerprint density at radius 3 is 1.71 bits per heavy atom. The Balaban J connectivity index is 0. The summed E-state index contributed by atoms with van der Waals surface area (Å²) in [6.07, 6.45) is 0.750. The molecule has 0 aliphatic carbocycles. The van der Waals surface area contributed by atoms with Crippen LogP contribution in [0.15, 0.2) is 0 Å². The summed E-state index contributed by atoms with van der Waals surface area (Å²) in [6.45, 7) is 0. The van der Waals surface area contributed by atoms with Gasteiger partial charge in [-0.3, -0.25) is 0 Å². The molecule has 0 saturated heterocycles. The number of halogens is 2. The van der Waals surface area contributed by atoms with Gasteiger partial charge in [-0.25, -0.2) is 0 Å². The molecule has 0 rings (SSSR count). The summed E-state index contributed by atoms with van der Waals surface area (Å²) < 4.78 is -0.0556. The van der Waals surface area contributed by atoms with Crippen LogP contribution in [-0.4, -0.2) is 8.89 Å². The lowest BCUT2D eigenvalue weighted by molar-refractivity contribution is 0.503. The molecule has 0 aliphatic rings. The van der Waals surface area contributed by atoms with E-state index in [2.05, 4.69) is 12.2 Å². The van der Waals surface area contributed by atoms with Gasteiger partial charge in [-0.05, 0) is 0 Å². The molecule has 0 aromatic carbocycles. The van der Waals surface area contributed by atoms with Crippen molar-refractivity contribution < 1.29 is 5.11 Å². The van der Waals surface area contributed by atoms with E-state index in [0.717, 1.165) is 6.26 Å². The highest BCUT2D eigenvalue weighted by molar-refractivity contribution is 7.86. The van der Waals surface area contributed by atoms with E-state index < -0.39 is 0 Å². The number of rotatable bonds is 0. The monoisotopic (exact) mass is 157 g/mol. The molecule has 2 nitrogen and oxygen atoms in total. The summed E-state index contributed by atoms with van der Waals surface area (Å²) >= 11 is 13.6. The molecule has 40 valence electrons. The fourth-order valence-corrected chi connectivity index (χ4v) is 0. The summed E-state index contributed by atoms with van der Waals surface area (Å²) in [5.74, 6) is 0. The summed E-state index contributed by atoms with van der Waals surface area (Å²) in [5.41, 5.74) is 0. The number of hydrogen-bond acceptors (Lipinski definition) is 3. The molecule has 5 heteroatoms. The van der Waals surface area contributed by atoms with Crippen LogP contribution in [0.1, 0.15) is 0 Å². The van der Waals surface area contributed by atoms with E-state index in [1.807, 2.05) is 0 Å². The van der Waals surface area contributed by atoms with E-state index in [1.165, 1.54) is 0 Å². The molecule has 0 unspecified atom stereocenters. The van der Waals surface area contributed by atoms with Gasteiger partial charge in [0.15, 0.2) is 3.78 Å². The third-order valence-electron chi connectivity index (χ3n) is 0. The summed E-state index contributed by atoms with van der Waals surface area (Å²) in [4.78, 5) is 0. The van der Waals surface area contributed by atoms with Crippen molar-refractivity contribution >= 4 is 39.2 Å². The fraction of sp³-hybridized carbons (Fsp3) is 0. The molecule has 0 spiro atoms. The first-order valence-corrected chi connectivity index (χ1v) is 2.19. The van der Waals surface area contributed by atoms with Crippen LogP contribution in [0.4, 0.5) is 0 Å². The molecule has 7 heavy (non-hydrogen) atoms. The van der Waals surface area contributed by atoms with Crippen molar-refractivity contribution in [3.63, 3.8) is 0 Å². The lowest BCUT2D eigenvalue weighted by Crippen LogP contribution is -1.45. The maximum Gasteiger partial charge on any atom is 0.283 e. The van der Waals surface area contributed by atoms with Gasteiger partial charge >= 0.3 is 0 Å². The minimum atomic E-state index is -0.0556. The van der Waals surface area contributed by atoms with Crippen LogP contribution in [0.25, 0.3) is 0 Å². The number of aliphatic hydroxyl groups is 1. The van der Waals surface area contributed by atoms with Gasteiger partial charge in [-0.1, -0.05) is 35.4 Å². The van der Waals surface area contributed by atoms with Crippen LogP contribution < -0.4 is 0 Å². The zero-order valence-corrected chi connectivity index (χ0v) is 5.39. The smallest absolute Gasteiger partial charge is 0.283 e. The van der Waals surface area contributed by atoms with Crippen LogP contribution in [-0.2, 0) is 0 Å². The molecule has 0 atom stereocenters. The summed E-state index contributed by atoms with van der Waals surface area (Å²) in [7, 11) is 0. The van der Waals surface area contributed by atoms with Gasteiger partial charge in [0.25, 0.3) is 6.26 Å².